The van der Waals surface area contributed by atoms with Crippen LogP contribution in [0.25, 0.3) is 0 Å². The number of carbonyl (C=O) groups is 2. The van der Waals surface area contributed by atoms with Gasteiger partial charge in [-0.1, -0.05) is 24.3 Å². The van der Waals surface area contributed by atoms with E-state index in [1.54, 1.807) is 13.3 Å². The highest BCUT2D eigenvalue weighted by Crippen LogP contribution is 2.38. The summed E-state index contributed by atoms with van der Waals surface area (Å²) in [6.45, 7) is 0.771. The lowest BCUT2D eigenvalue weighted by Gasteiger charge is -2.09. The first-order valence-corrected chi connectivity index (χ1v) is 8.26. The number of aromatic nitrogens is 1. The van der Waals surface area contributed by atoms with E-state index in [0.717, 1.165) is 17.0 Å². The number of hydrogen-bond donors (Lipinski definition) is 2. The average Bonchev–Trinajstić information content (AvgIpc) is 3.46. The van der Waals surface area contributed by atoms with Crippen LogP contribution in [-0.2, 0) is 22.7 Å². The molecule has 1 saturated carbocycles. The van der Waals surface area contributed by atoms with Crippen LogP contribution in [-0.4, -0.2) is 23.9 Å². The lowest BCUT2D eigenvalue weighted by atomic mass is 10.2. The van der Waals surface area contributed by atoms with E-state index < -0.39 is 0 Å². The minimum Gasteiger partial charge on any atom is -0.496 e. The smallest absolute Gasteiger partial charge is 0.224 e. The molecular formula is C19H21N3O3. The molecule has 6 nitrogen and oxygen atoms in total. The van der Waals surface area contributed by atoms with E-state index in [0.29, 0.717) is 19.5 Å². The standard InChI is InChI=1S/C19H21N3O3/c1-25-17-8-3-2-6-13(17)11-21-18(23)15-10-16(15)19(24)22-12-14-7-4-5-9-20-14/h2-9,15-16H,10-12H2,1H3,(H,21,23)(H,22,24). The summed E-state index contributed by atoms with van der Waals surface area (Å²) in [6.07, 6.45) is 2.28. The highest BCUT2D eigenvalue weighted by molar-refractivity contribution is 5.92. The third kappa shape index (κ3) is 4.35. The predicted octanol–water partition coefficient (Wildman–Crippen LogP) is 1.66. The van der Waals surface area contributed by atoms with Crippen LogP contribution >= 0.6 is 0 Å². The van der Waals surface area contributed by atoms with Crippen molar-refractivity contribution in [3.05, 3.63) is 59.9 Å². The fraction of sp³-hybridized carbons (Fsp3) is 0.316. The van der Waals surface area contributed by atoms with E-state index >= 15 is 0 Å². The van der Waals surface area contributed by atoms with Crippen molar-refractivity contribution in [1.29, 1.82) is 0 Å². The van der Waals surface area contributed by atoms with Crippen molar-refractivity contribution in [3.8, 4) is 5.75 Å². The van der Waals surface area contributed by atoms with Crippen LogP contribution in [0.3, 0.4) is 0 Å². The van der Waals surface area contributed by atoms with Crippen molar-refractivity contribution in [2.75, 3.05) is 7.11 Å². The summed E-state index contributed by atoms with van der Waals surface area (Å²) in [4.78, 5) is 28.5. The van der Waals surface area contributed by atoms with Crippen molar-refractivity contribution in [2.24, 2.45) is 11.8 Å². The van der Waals surface area contributed by atoms with Gasteiger partial charge in [-0.15, -0.1) is 0 Å². The minimum absolute atomic E-state index is 0.0936. The summed E-state index contributed by atoms with van der Waals surface area (Å²) >= 11 is 0. The molecule has 0 aliphatic heterocycles. The number of carbonyl (C=O) groups excluding carboxylic acids is 2. The third-order valence-corrected chi connectivity index (χ3v) is 4.28. The first kappa shape index (κ1) is 17.0. The molecule has 0 radical (unpaired) electrons. The SMILES string of the molecule is COc1ccccc1CNC(=O)C1CC1C(=O)NCc1ccccn1. The number of nitrogens with one attached hydrogen (secondary N) is 2. The highest BCUT2D eigenvalue weighted by Gasteiger charge is 2.47. The fourth-order valence-electron chi connectivity index (χ4n) is 2.75. The average molecular weight is 339 g/mol. The molecule has 1 aliphatic carbocycles. The number of ether oxygens (including phenoxy) is 1. The first-order chi connectivity index (χ1) is 12.2. The summed E-state index contributed by atoms with van der Waals surface area (Å²) in [7, 11) is 1.60. The number of methoxy groups -OCH3 is 1. The Hall–Kier alpha value is -2.89. The number of benzene rings is 1. The van der Waals surface area contributed by atoms with Crippen LogP contribution in [0.5, 0.6) is 5.75 Å². The number of rotatable bonds is 7. The summed E-state index contributed by atoms with van der Waals surface area (Å²) < 4.78 is 5.27. The summed E-state index contributed by atoms with van der Waals surface area (Å²) in [6, 6.07) is 13.1. The molecular weight excluding hydrogens is 318 g/mol. The molecule has 2 amide bonds. The third-order valence-electron chi connectivity index (χ3n) is 4.28. The predicted molar refractivity (Wildman–Crippen MR) is 92.5 cm³/mol. The van der Waals surface area contributed by atoms with Crippen LogP contribution in [0.15, 0.2) is 48.7 Å². The number of hydrogen-bond acceptors (Lipinski definition) is 4. The van der Waals surface area contributed by atoms with Gasteiger partial charge in [-0.3, -0.25) is 14.6 Å². The van der Waals surface area contributed by atoms with Gasteiger partial charge in [0.25, 0.3) is 0 Å². The number of amides is 2. The van der Waals surface area contributed by atoms with Gasteiger partial charge in [0.05, 0.1) is 31.2 Å². The molecule has 1 aromatic heterocycles. The van der Waals surface area contributed by atoms with Crippen molar-refractivity contribution in [1.82, 2.24) is 15.6 Å². The van der Waals surface area contributed by atoms with Gasteiger partial charge < -0.3 is 15.4 Å². The Morgan fingerprint density at radius 2 is 1.72 bits per heavy atom. The topological polar surface area (TPSA) is 80.3 Å². The molecule has 1 aliphatic rings. The number of pyridine rings is 1. The van der Waals surface area contributed by atoms with Crippen LogP contribution < -0.4 is 15.4 Å². The Morgan fingerprint density at radius 1 is 1.04 bits per heavy atom. The quantitative estimate of drug-likeness (QED) is 0.804. The second kappa shape index (κ2) is 7.79. The Morgan fingerprint density at radius 3 is 2.40 bits per heavy atom. The van der Waals surface area contributed by atoms with Gasteiger partial charge in [0.1, 0.15) is 5.75 Å². The minimum atomic E-state index is -0.251. The molecule has 130 valence electrons. The summed E-state index contributed by atoms with van der Waals surface area (Å²) in [5.74, 6) is 0.0510. The molecule has 2 unspecified atom stereocenters. The van der Waals surface area contributed by atoms with Gasteiger partial charge in [0.2, 0.25) is 11.8 Å². The monoisotopic (exact) mass is 339 g/mol. The summed E-state index contributed by atoms with van der Waals surface area (Å²) in [5, 5.41) is 5.72. The largest absolute Gasteiger partial charge is 0.496 e. The molecule has 25 heavy (non-hydrogen) atoms. The Bertz CT molecular complexity index is 749. The van der Waals surface area contributed by atoms with Gasteiger partial charge in [-0.25, -0.2) is 0 Å². The van der Waals surface area contributed by atoms with E-state index in [9.17, 15) is 9.59 Å². The van der Waals surface area contributed by atoms with E-state index in [1.165, 1.54) is 0 Å². The Balaban J connectivity index is 1.44. The molecule has 2 aromatic rings. The van der Waals surface area contributed by atoms with Crippen LogP contribution in [0, 0.1) is 11.8 Å². The molecule has 0 bridgehead atoms. The van der Waals surface area contributed by atoms with Crippen molar-refractivity contribution >= 4 is 11.8 Å². The molecule has 2 N–H and O–H groups in total. The summed E-state index contributed by atoms with van der Waals surface area (Å²) in [5.41, 5.74) is 1.71. The fourth-order valence-corrected chi connectivity index (χ4v) is 2.75. The molecule has 1 fully saturated rings. The highest BCUT2D eigenvalue weighted by atomic mass is 16.5. The maximum Gasteiger partial charge on any atom is 0.224 e. The first-order valence-electron chi connectivity index (χ1n) is 8.26. The molecule has 0 spiro atoms. The van der Waals surface area contributed by atoms with Crippen LogP contribution in [0.4, 0.5) is 0 Å². The zero-order chi connectivity index (χ0) is 17.6. The van der Waals surface area contributed by atoms with E-state index in [2.05, 4.69) is 15.6 Å². The maximum absolute atomic E-state index is 12.2. The van der Waals surface area contributed by atoms with Crippen LogP contribution in [0.2, 0.25) is 0 Å². The molecule has 2 atom stereocenters. The van der Waals surface area contributed by atoms with Gasteiger partial charge in [-0.2, -0.15) is 0 Å². The van der Waals surface area contributed by atoms with E-state index in [-0.39, 0.29) is 23.7 Å². The van der Waals surface area contributed by atoms with Gasteiger partial charge in [0.15, 0.2) is 0 Å². The van der Waals surface area contributed by atoms with Gasteiger partial charge in [0, 0.05) is 18.3 Å². The Kier molecular flexibility index (Phi) is 5.28. The Labute approximate surface area is 146 Å². The number of para-hydroxylation sites is 1. The lowest BCUT2D eigenvalue weighted by Crippen LogP contribution is -2.30. The molecule has 1 heterocycles. The van der Waals surface area contributed by atoms with Gasteiger partial charge >= 0.3 is 0 Å². The molecule has 0 saturated heterocycles. The second-order valence-electron chi connectivity index (χ2n) is 6.02. The van der Waals surface area contributed by atoms with Crippen molar-refractivity contribution in [2.45, 2.75) is 19.5 Å². The number of nitrogens with zero attached hydrogens (tertiary/aromatic N) is 1. The van der Waals surface area contributed by atoms with E-state index in [4.69, 9.17) is 4.74 Å². The second-order valence-corrected chi connectivity index (χ2v) is 6.02. The maximum atomic E-state index is 12.2. The van der Waals surface area contributed by atoms with Crippen LogP contribution in [0.1, 0.15) is 17.7 Å². The molecule has 3 rings (SSSR count). The lowest BCUT2D eigenvalue weighted by molar-refractivity contribution is -0.127. The normalized spacial score (nSPS) is 18.3. The molecule has 6 heteroatoms. The van der Waals surface area contributed by atoms with Gasteiger partial charge in [-0.05, 0) is 24.6 Å². The van der Waals surface area contributed by atoms with E-state index in [1.807, 2.05) is 42.5 Å². The molecule has 1 aromatic carbocycles. The zero-order valence-corrected chi connectivity index (χ0v) is 14.1. The van der Waals surface area contributed by atoms with Crippen molar-refractivity contribution < 1.29 is 14.3 Å². The zero-order valence-electron chi connectivity index (χ0n) is 14.1. The van der Waals surface area contributed by atoms with Crippen molar-refractivity contribution in [3.63, 3.8) is 0 Å².